The van der Waals surface area contributed by atoms with E-state index >= 15 is 0 Å². The fourth-order valence-electron chi connectivity index (χ4n) is 2.27. The van der Waals surface area contributed by atoms with Gasteiger partial charge in [-0.3, -0.25) is 4.40 Å². The quantitative estimate of drug-likeness (QED) is 0.803. The Morgan fingerprint density at radius 3 is 3.05 bits per heavy atom. The lowest BCUT2D eigenvalue weighted by Gasteiger charge is -2.18. The van der Waals surface area contributed by atoms with Crippen LogP contribution in [0.15, 0.2) is 35.8 Å². The molecule has 0 fully saturated rings. The lowest BCUT2D eigenvalue weighted by Crippen LogP contribution is -2.14. The molecular weight excluding hydrogens is 275 g/mol. The summed E-state index contributed by atoms with van der Waals surface area (Å²) < 4.78 is 15.4. The number of anilines is 2. The summed E-state index contributed by atoms with van der Waals surface area (Å²) >= 11 is 1.57. The third kappa shape index (κ3) is 2.17. The first-order chi connectivity index (χ1) is 9.70. The zero-order valence-corrected chi connectivity index (χ0v) is 11.9. The fraction of sp³-hybridized carbons (Fsp3) is 0.214. The summed E-state index contributed by atoms with van der Waals surface area (Å²) in [5.41, 5.74) is 7.52. The van der Waals surface area contributed by atoms with Gasteiger partial charge in [0.2, 0.25) is 0 Å². The number of hydrogen-bond acceptors (Lipinski definition) is 4. The van der Waals surface area contributed by atoms with E-state index in [1.54, 1.807) is 17.4 Å². The zero-order chi connectivity index (χ0) is 14.1. The van der Waals surface area contributed by atoms with E-state index in [9.17, 15) is 4.39 Å². The number of hydrogen-bond donors (Lipinski definition) is 1. The standard InChI is InChI=1S/C14H15FN4S/c1-18(11-4-2-3-10(15)9-11)13-12(5-6-16)19-7-8-20-14(19)17-13/h2-4,7-9H,5-6,16H2,1H3. The van der Waals surface area contributed by atoms with Gasteiger partial charge in [-0.25, -0.2) is 9.37 Å². The van der Waals surface area contributed by atoms with Gasteiger partial charge in [-0.15, -0.1) is 11.3 Å². The summed E-state index contributed by atoms with van der Waals surface area (Å²) in [6.45, 7) is 0.549. The Labute approximate surface area is 120 Å². The van der Waals surface area contributed by atoms with Crippen LogP contribution < -0.4 is 10.6 Å². The van der Waals surface area contributed by atoms with Crippen molar-refractivity contribution in [2.75, 3.05) is 18.5 Å². The lowest BCUT2D eigenvalue weighted by atomic mass is 10.2. The molecule has 0 saturated carbocycles. The molecule has 3 aromatic rings. The number of nitrogens with two attached hydrogens (primary N) is 1. The summed E-state index contributed by atoms with van der Waals surface area (Å²) in [5, 5.41) is 1.99. The minimum atomic E-state index is -0.254. The number of rotatable bonds is 4. The third-order valence-corrected chi connectivity index (χ3v) is 3.99. The molecule has 2 N–H and O–H groups in total. The van der Waals surface area contributed by atoms with E-state index in [1.807, 2.05) is 34.0 Å². The largest absolute Gasteiger partial charge is 0.330 e. The maximum Gasteiger partial charge on any atom is 0.195 e. The highest BCUT2D eigenvalue weighted by molar-refractivity contribution is 7.15. The van der Waals surface area contributed by atoms with Gasteiger partial charge in [0.1, 0.15) is 5.82 Å². The van der Waals surface area contributed by atoms with Crippen molar-refractivity contribution in [2.24, 2.45) is 5.73 Å². The van der Waals surface area contributed by atoms with Crippen LogP contribution in [0.25, 0.3) is 4.96 Å². The first-order valence-corrected chi connectivity index (χ1v) is 7.22. The van der Waals surface area contributed by atoms with Crippen molar-refractivity contribution in [3.8, 4) is 0 Å². The Morgan fingerprint density at radius 1 is 1.45 bits per heavy atom. The summed E-state index contributed by atoms with van der Waals surface area (Å²) in [4.78, 5) is 7.45. The minimum Gasteiger partial charge on any atom is -0.330 e. The van der Waals surface area contributed by atoms with Crippen molar-refractivity contribution >= 4 is 27.8 Å². The Morgan fingerprint density at radius 2 is 2.30 bits per heavy atom. The van der Waals surface area contributed by atoms with E-state index in [4.69, 9.17) is 5.73 Å². The van der Waals surface area contributed by atoms with Gasteiger partial charge in [0.15, 0.2) is 10.8 Å². The van der Waals surface area contributed by atoms with Gasteiger partial charge in [0, 0.05) is 30.7 Å². The van der Waals surface area contributed by atoms with Crippen molar-refractivity contribution in [2.45, 2.75) is 6.42 Å². The molecule has 2 aromatic heterocycles. The molecule has 1 aromatic carbocycles. The molecular formula is C14H15FN4S. The number of thiazole rings is 1. The topological polar surface area (TPSA) is 46.6 Å². The molecule has 6 heteroatoms. The molecule has 0 aliphatic heterocycles. The second-order valence-electron chi connectivity index (χ2n) is 4.52. The van der Waals surface area contributed by atoms with Gasteiger partial charge in [0.25, 0.3) is 0 Å². The lowest BCUT2D eigenvalue weighted by molar-refractivity contribution is 0.628. The molecule has 0 bridgehead atoms. The molecule has 0 atom stereocenters. The van der Waals surface area contributed by atoms with Gasteiger partial charge in [-0.1, -0.05) is 6.07 Å². The Kier molecular flexibility index (Phi) is 3.42. The highest BCUT2D eigenvalue weighted by Gasteiger charge is 2.17. The van der Waals surface area contributed by atoms with Crippen LogP contribution in [0.1, 0.15) is 5.69 Å². The number of nitrogens with zero attached hydrogens (tertiary/aromatic N) is 3. The summed E-state index contributed by atoms with van der Waals surface area (Å²) in [5.74, 6) is 0.573. The molecule has 0 amide bonds. The van der Waals surface area contributed by atoms with Crippen molar-refractivity contribution in [3.05, 3.63) is 47.4 Å². The second-order valence-corrected chi connectivity index (χ2v) is 5.39. The van der Waals surface area contributed by atoms with E-state index in [2.05, 4.69) is 4.98 Å². The molecule has 0 saturated heterocycles. The summed E-state index contributed by atoms with van der Waals surface area (Å²) in [6.07, 6.45) is 2.72. The Bertz CT molecular complexity index is 734. The van der Waals surface area contributed by atoms with Crippen LogP contribution in [0, 0.1) is 5.82 Å². The van der Waals surface area contributed by atoms with Crippen LogP contribution >= 0.6 is 11.3 Å². The first-order valence-electron chi connectivity index (χ1n) is 6.34. The normalized spacial score (nSPS) is 11.2. The van der Waals surface area contributed by atoms with Crippen molar-refractivity contribution < 1.29 is 4.39 Å². The van der Waals surface area contributed by atoms with Crippen LogP contribution in [-0.4, -0.2) is 23.0 Å². The van der Waals surface area contributed by atoms with Gasteiger partial charge < -0.3 is 10.6 Å². The van der Waals surface area contributed by atoms with Gasteiger partial charge in [-0.05, 0) is 24.7 Å². The van der Waals surface area contributed by atoms with Crippen molar-refractivity contribution in [1.29, 1.82) is 0 Å². The highest BCUT2D eigenvalue weighted by atomic mass is 32.1. The molecule has 20 heavy (non-hydrogen) atoms. The SMILES string of the molecule is CN(c1cccc(F)c1)c1nc2sccn2c1CCN. The molecule has 0 unspecified atom stereocenters. The van der Waals surface area contributed by atoms with E-state index in [0.717, 1.165) is 28.6 Å². The van der Waals surface area contributed by atoms with E-state index in [-0.39, 0.29) is 5.82 Å². The van der Waals surface area contributed by atoms with Crippen molar-refractivity contribution in [1.82, 2.24) is 9.38 Å². The molecule has 0 aliphatic rings. The Balaban J connectivity index is 2.08. The third-order valence-electron chi connectivity index (χ3n) is 3.23. The van der Waals surface area contributed by atoms with E-state index < -0.39 is 0 Å². The molecule has 2 heterocycles. The predicted molar refractivity (Wildman–Crippen MR) is 80.3 cm³/mol. The van der Waals surface area contributed by atoms with Crippen LogP contribution in [0.5, 0.6) is 0 Å². The number of benzene rings is 1. The van der Waals surface area contributed by atoms with Gasteiger partial charge >= 0.3 is 0 Å². The maximum absolute atomic E-state index is 13.4. The number of halogens is 1. The van der Waals surface area contributed by atoms with Gasteiger partial charge in [0.05, 0.1) is 5.69 Å². The molecule has 3 rings (SSSR count). The van der Waals surface area contributed by atoms with Crippen molar-refractivity contribution in [3.63, 3.8) is 0 Å². The molecule has 0 spiro atoms. The minimum absolute atomic E-state index is 0.254. The second kappa shape index (κ2) is 5.22. The summed E-state index contributed by atoms with van der Waals surface area (Å²) in [7, 11) is 1.89. The molecule has 4 nitrogen and oxygen atoms in total. The van der Waals surface area contributed by atoms with Crippen LogP contribution in [0.2, 0.25) is 0 Å². The molecule has 104 valence electrons. The zero-order valence-electron chi connectivity index (χ0n) is 11.1. The predicted octanol–water partition coefficient (Wildman–Crippen LogP) is 2.80. The Hall–Kier alpha value is -1.92. The molecule has 0 aliphatic carbocycles. The highest BCUT2D eigenvalue weighted by Crippen LogP contribution is 2.29. The van der Waals surface area contributed by atoms with Crippen LogP contribution in [0.4, 0.5) is 15.9 Å². The van der Waals surface area contributed by atoms with Crippen LogP contribution in [0.3, 0.4) is 0 Å². The fourth-order valence-corrected chi connectivity index (χ4v) is 2.99. The number of aromatic nitrogens is 2. The number of fused-ring (bicyclic) bond motifs is 1. The molecule has 0 radical (unpaired) electrons. The van der Waals surface area contributed by atoms with Crippen LogP contribution in [-0.2, 0) is 6.42 Å². The average molecular weight is 290 g/mol. The van der Waals surface area contributed by atoms with E-state index in [0.29, 0.717) is 6.54 Å². The number of imidazole rings is 1. The monoisotopic (exact) mass is 290 g/mol. The smallest absolute Gasteiger partial charge is 0.195 e. The first kappa shape index (κ1) is 13.1. The van der Waals surface area contributed by atoms with Gasteiger partial charge in [-0.2, -0.15) is 0 Å². The summed E-state index contributed by atoms with van der Waals surface area (Å²) in [6, 6.07) is 6.49. The van der Waals surface area contributed by atoms with E-state index in [1.165, 1.54) is 12.1 Å². The maximum atomic E-state index is 13.4. The average Bonchev–Trinajstić information content (AvgIpc) is 3.01.